The molecule has 0 aliphatic carbocycles. The van der Waals surface area contributed by atoms with Gasteiger partial charge in [-0.1, -0.05) is 11.6 Å². The first-order chi connectivity index (χ1) is 14.6. The highest BCUT2D eigenvalue weighted by Crippen LogP contribution is 2.39. The first kappa shape index (κ1) is 19.0. The number of hydrogen-bond acceptors (Lipinski definition) is 6. The van der Waals surface area contributed by atoms with Crippen LogP contribution in [0.5, 0.6) is 0 Å². The van der Waals surface area contributed by atoms with E-state index in [2.05, 4.69) is 42.1 Å². The summed E-state index contributed by atoms with van der Waals surface area (Å²) in [5, 5.41) is 4.99. The van der Waals surface area contributed by atoms with Crippen LogP contribution in [-0.4, -0.2) is 44.2 Å². The van der Waals surface area contributed by atoms with Gasteiger partial charge in [-0.2, -0.15) is 0 Å². The first-order valence-electron chi connectivity index (χ1n) is 9.98. The van der Waals surface area contributed by atoms with Crippen LogP contribution in [0.3, 0.4) is 0 Å². The molecule has 0 saturated carbocycles. The van der Waals surface area contributed by atoms with Crippen molar-refractivity contribution >= 4 is 45.2 Å². The number of pyridine rings is 1. The minimum Gasteiger partial charge on any atom is -0.369 e. The molecule has 5 rings (SSSR count). The molecule has 2 N–H and O–H groups in total. The van der Waals surface area contributed by atoms with Gasteiger partial charge >= 0.3 is 0 Å². The van der Waals surface area contributed by atoms with Crippen molar-refractivity contribution in [3.05, 3.63) is 47.6 Å². The second-order valence-electron chi connectivity index (χ2n) is 7.55. The molecule has 1 aromatic carbocycles. The number of anilines is 2. The van der Waals surface area contributed by atoms with Crippen LogP contribution in [0.15, 0.2) is 37.1 Å². The van der Waals surface area contributed by atoms with Crippen molar-refractivity contribution in [1.29, 1.82) is 0 Å². The molecule has 0 amide bonds. The van der Waals surface area contributed by atoms with E-state index in [9.17, 15) is 4.39 Å². The normalized spacial score (nSPS) is 16.3. The van der Waals surface area contributed by atoms with Crippen LogP contribution in [0.2, 0.25) is 5.02 Å². The van der Waals surface area contributed by atoms with Gasteiger partial charge in [0.05, 0.1) is 28.6 Å². The molecule has 0 radical (unpaired) electrons. The van der Waals surface area contributed by atoms with Crippen molar-refractivity contribution in [2.45, 2.75) is 32.0 Å². The van der Waals surface area contributed by atoms with Crippen molar-refractivity contribution < 1.29 is 4.39 Å². The lowest BCUT2D eigenvalue weighted by molar-refractivity contribution is 0.277. The second-order valence-corrected chi connectivity index (χ2v) is 7.95. The summed E-state index contributed by atoms with van der Waals surface area (Å²) in [6.07, 6.45) is 5.13. The Kier molecular flexibility index (Phi) is 4.86. The zero-order valence-corrected chi connectivity index (χ0v) is 17.2. The van der Waals surface area contributed by atoms with Gasteiger partial charge in [0.2, 0.25) is 0 Å². The van der Waals surface area contributed by atoms with Crippen LogP contribution in [0.1, 0.15) is 31.4 Å². The average molecular weight is 426 g/mol. The van der Waals surface area contributed by atoms with Crippen molar-refractivity contribution in [2.24, 2.45) is 0 Å². The van der Waals surface area contributed by atoms with Gasteiger partial charge in [0.25, 0.3) is 0 Å². The standard InChI is InChI=1S/C21H21ClFN7/c1-12(29-21-18-20(26-10-25-18)27-11-28-21)15-9-16(22)14-3-2-6-24-17(14)19(15)30-7-4-13(23)5-8-30/h2-3,6,9-13H,4-5,7-8H2,1H3,(H2,25,26,27,28,29). The monoisotopic (exact) mass is 425 g/mol. The Hall–Kier alpha value is -3.00. The summed E-state index contributed by atoms with van der Waals surface area (Å²) in [6.45, 7) is 3.34. The first-order valence-corrected chi connectivity index (χ1v) is 10.4. The predicted molar refractivity (Wildman–Crippen MR) is 117 cm³/mol. The summed E-state index contributed by atoms with van der Waals surface area (Å²) in [5.41, 5.74) is 4.17. The Balaban J connectivity index is 1.60. The zero-order chi connectivity index (χ0) is 20.7. The molecular weight excluding hydrogens is 405 g/mol. The van der Waals surface area contributed by atoms with E-state index in [1.807, 2.05) is 18.2 Å². The maximum atomic E-state index is 13.8. The molecule has 3 aromatic heterocycles. The summed E-state index contributed by atoms with van der Waals surface area (Å²) >= 11 is 6.63. The van der Waals surface area contributed by atoms with E-state index in [1.54, 1.807) is 12.5 Å². The van der Waals surface area contributed by atoms with Crippen molar-refractivity contribution in [3.63, 3.8) is 0 Å². The number of fused-ring (bicyclic) bond motifs is 2. The number of benzene rings is 1. The molecule has 0 bridgehead atoms. The number of aromatic nitrogens is 5. The van der Waals surface area contributed by atoms with Crippen molar-refractivity contribution in [2.75, 3.05) is 23.3 Å². The number of hydrogen-bond donors (Lipinski definition) is 2. The number of imidazole rings is 1. The third-order valence-corrected chi connectivity index (χ3v) is 5.94. The van der Waals surface area contributed by atoms with E-state index in [0.717, 1.165) is 27.7 Å². The third-order valence-electron chi connectivity index (χ3n) is 5.63. The highest BCUT2D eigenvalue weighted by atomic mass is 35.5. The van der Waals surface area contributed by atoms with Crippen LogP contribution in [-0.2, 0) is 0 Å². The number of nitrogens with zero attached hydrogens (tertiary/aromatic N) is 5. The Morgan fingerprint density at radius 1 is 1.23 bits per heavy atom. The molecule has 4 heterocycles. The quantitative estimate of drug-likeness (QED) is 0.494. The van der Waals surface area contributed by atoms with Crippen LogP contribution in [0.25, 0.3) is 22.1 Å². The molecule has 7 nitrogen and oxygen atoms in total. The van der Waals surface area contributed by atoms with Crippen LogP contribution in [0, 0.1) is 0 Å². The van der Waals surface area contributed by atoms with Crippen molar-refractivity contribution in [1.82, 2.24) is 24.9 Å². The molecule has 1 fully saturated rings. The van der Waals surface area contributed by atoms with Gasteiger partial charge in [-0.15, -0.1) is 0 Å². The van der Waals surface area contributed by atoms with Gasteiger partial charge in [0.15, 0.2) is 11.5 Å². The Morgan fingerprint density at radius 2 is 2.07 bits per heavy atom. The summed E-state index contributed by atoms with van der Waals surface area (Å²) in [6, 6.07) is 5.69. The molecule has 1 aliphatic heterocycles. The number of aromatic amines is 1. The second kappa shape index (κ2) is 7.68. The Bertz CT molecular complexity index is 1200. The predicted octanol–water partition coefficient (Wildman–Crippen LogP) is 4.67. The number of nitrogens with one attached hydrogen (secondary N) is 2. The maximum absolute atomic E-state index is 13.8. The smallest absolute Gasteiger partial charge is 0.182 e. The number of alkyl halides is 1. The lowest BCUT2D eigenvalue weighted by Crippen LogP contribution is -2.35. The Morgan fingerprint density at radius 3 is 2.90 bits per heavy atom. The number of H-pyrrole nitrogens is 1. The highest BCUT2D eigenvalue weighted by molar-refractivity contribution is 6.36. The van der Waals surface area contributed by atoms with Crippen LogP contribution < -0.4 is 10.2 Å². The highest BCUT2D eigenvalue weighted by Gasteiger charge is 2.26. The van der Waals surface area contributed by atoms with Gasteiger partial charge in [-0.3, -0.25) is 4.98 Å². The molecular formula is C21H21ClFN7. The molecule has 30 heavy (non-hydrogen) atoms. The summed E-state index contributed by atoms with van der Waals surface area (Å²) in [7, 11) is 0. The number of rotatable bonds is 4. The van der Waals surface area contributed by atoms with E-state index in [1.165, 1.54) is 6.33 Å². The average Bonchev–Trinajstić information content (AvgIpc) is 3.24. The molecule has 4 aromatic rings. The molecule has 1 unspecified atom stereocenters. The fraction of sp³-hybridized carbons (Fsp3) is 0.333. The molecule has 0 spiro atoms. The summed E-state index contributed by atoms with van der Waals surface area (Å²) in [4.78, 5) is 22.7. The topological polar surface area (TPSA) is 82.6 Å². The molecule has 9 heteroatoms. The van der Waals surface area contributed by atoms with Crippen LogP contribution >= 0.6 is 11.6 Å². The van der Waals surface area contributed by atoms with E-state index in [4.69, 9.17) is 11.6 Å². The maximum Gasteiger partial charge on any atom is 0.182 e. The SMILES string of the molecule is CC(Nc1ncnc2nc[nH]c12)c1cc(Cl)c2cccnc2c1N1CCC(F)CC1. The van der Waals surface area contributed by atoms with E-state index in [0.29, 0.717) is 42.4 Å². The fourth-order valence-corrected chi connectivity index (χ4v) is 4.37. The lowest BCUT2D eigenvalue weighted by Gasteiger charge is -2.34. The summed E-state index contributed by atoms with van der Waals surface area (Å²) < 4.78 is 13.8. The largest absolute Gasteiger partial charge is 0.369 e. The minimum atomic E-state index is -0.749. The molecule has 1 aliphatic rings. The zero-order valence-electron chi connectivity index (χ0n) is 16.4. The molecule has 1 saturated heterocycles. The van der Waals surface area contributed by atoms with E-state index >= 15 is 0 Å². The van der Waals surface area contributed by atoms with Crippen LogP contribution in [0.4, 0.5) is 15.9 Å². The van der Waals surface area contributed by atoms with E-state index in [-0.39, 0.29) is 6.04 Å². The van der Waals surface area contributed by atoms with E-state index < -0.39 is 6.17 Å². The fourth-order valence-electron chi connectivity index (χ4n) is 4.10. The van der Waals surface area contributed by atoms with Gasteiger partial charge in [-0.05, 0) is 38.0 Å². The number of piperidine rings is 1. The minimum absolute atomic E-state index is 0.131. The van der Waals surface area contributed by atoms with Gasteiger partial charge in [0, 0.05) is 30.2 Å². The molecule has 154 valence electrons. The summed E-state index contributed by atoms with van der Waals surface area (Å²) in [5.74, 6) is 0.663. The van der Waals surface area contributed by atoms with Gasteiger partial charge < -0.3 is 15.2 Å². The van der Waals surface area contributed by atoms with Gasteiger partial charge in [0.1, 0.15) is 18.0 Å². The third kappa shape index (κ3) is 3.31. The van der Waals surface area contributed by atoms with Crippen molar-refractivity contribution in [3.8, 4) is 0 Å². The lowest BCUT2D eigenvalue weighted by atomic mass is 9.99. The Labute approximate surface area is 177 Å². The molecule has 1 atom stereocenters. The van der Waals surface area contributed by atoms with Gasteiger partial charge in [-0.25, -0.2) is 19.3 Å². The number of halogens is 2.